The highest BCUT2D eigenvalue weighted by Crippen LogP contribution is 2.24. The minimum atomic E-state index is -0.374. The van der Waals surface area contributed by atoms with Crippen LogP contribution in [-0.2, 0) is 0 Å². The minimum absolute atomic E-state index is 0.0312. The predicted octanol–water partition coefficient (Wildman–Crippen LogP) is 3.34. The smallest absolute Gasteiger partial charge is 0.251 e. The summed E-state index contributed by atoms with van der Waals surface area (Å²) in [5.41, 5.74) is 0.0515. The lowest BCUT2D eigenvalue weighted by molar-refractivity contribution is 0.0914. The molecular formula is C12H15BrClNO2. The maximum atomic E-state index is 12.0. The van der Waals surface area contributed by atoms with Crippen LogP contribution in [0, 0.1) is 0 Å². The second kappa shape index (κ2) is 5.27. The van der Waals surface area contributed by atoms with Gasteiger partial charge in [-0.25, -0.2) is 0 Å². The van der Waals surface area contributed by atoms with Gasteiger partial charge in [-0.3, -0.25) is 4.79 Å². The summed E-state index contributed by atoms with van der Waals surface area (Å²) in [6.07, 6.45) is 0. The summed E-state index contributed by atoms with van der Waals surface area (Å²) in [6.45, 7) is 5.81. The van der Waals surface area contributed by atoms with Gasteiger partial charge >= 0.3 is 0 Å². The Labute approximate surface area is 114 Å². The molecule has 0 radical (unpaired) electrons. The van der Waals surface area contributed by atoms with Gasteiger partial charge in [-0.2, -0.15) is 0 Å². The number of alkyl halides is 1. The molecular weight excluding hydrogens is 305 g/mol. The van der Waals surface area contributed by atoms with Gasteiger partial charge < -0.3 is 10.4 Å². The molecule has 0 bridgehead atoms. The maximum absolute atomic E-state index is 12.0. The molecule has 1 atom stereocenters. The quantitative estimate of drug-likeness (QED) is 0.839. The molecule has 3 nitrogen and oxygen atoms in total. The fraction of sp³-hybridized carbons (Fsp3) is 0.417. The third-order valence-electron chi connectivity index (χ3n) is 2.64. The number of halogens is 2. The molecule has 0 heterocycles. The number of nitrogens with one attached hydrogen (secondary N) is 1. The second-order valence-corrected chi connectivity index (χ2v) is 6.24. The molecule has 1 amide bonds. The van der Waals surface area contributed by atoms with Gasteiger partial charge in [0.25, 0.3) is 5.91 Å². The predicted molar refractivity (Wildman–Crippen MR) is 73.1 cm³/mol. The van der Waals surface area contributed by atoms with E-state index < -0.39 is 0 Å². The Morgan fingerprint density at radius 3 is 2.59 bits per heavy atom. The second-order valence-electron chi connectivity index (χ2n) is 4.46. The van der Waals surface area contributed by atoms with E-state index in [4.69, 9.17) is 11.6 Å². The van der Waals surface area contributed by atoms with Crippen LogP contribution in [0.4, 0.5) is 0 Å². The Balaban J connectivity index is 2.87. The Kier molecular flexibility index (Phi) is 4.44. The van der Waals surface area contributed by atoms with Crippen molar-refractivity contribution in [1.29, 1.82) is 0 Å². The molecule has 0 spiro atoms. The van der Waals surface area contributed by atoms with Crippen molar-refractivity contribution >= 4 is 33.4 Å². The van der Waals surface area contributed by atoms with Crippen LogP contribution in [0.25, 0.3) is 0 Å². The highest BCUT2D eigenvalue weighted by atomic mass is 79.9. The van der Waals surface area contributed by atoms with E-state index in [2.05, 4.69) is 21.2 Å². The molecule has 94 valence electrons. The summed E-state index contributed by atoms with van der Waals surface area (Å²) in [4.78, 5) is 12.1. The number of aromatic hydroxyl groups is 1. The average molecular weight is 321 g/mol. The lowest BCUT2D eigenvalue weighted by Crippen LogP contribution is -2.48. The summed E-state index contributed by atoms with van der Waals surface area (Å²) in [5, 5.41) is 12.3. The fourth-order valence-electron chi connectivity index (χ4n) is 1.11. The van der Waals surface area contributed by atoms with Crippen LogP contribution in [0.1, 0.15) is 31.1 Å². The van der Waals surface area contributed by atoms with Gasteiger partial charge in [0.05, 0.1) is 5.02 Å². The number of amides is 1. The summed E-state index contributed by atoms with van der Waals surface area (Å²) < 4.78 is 0. The SMILES string of the molecule is CC(Br)C(C)(C)NC(=O)c1ccc(O)c(Cl)c1. The molecule has 1 aromatic rings. The van der Waals surface area contributed by atoms with E-state index in [0.29, 0.717) is 5.56 Å². The van der Waals surface area contributed by atoms with Crippen molar-refractivity contribution in [2.24, 2.45) is 0 Å². The van der Waals surface area contributed by atoms with Crippen molar-refractivity contribution < 1.29 is 9.90 Å². The summed E-state index contributed by atoms with van der Waals surface area (Å²) in [5.74, 6) is -0.250. The monoisotopic (exact) mass is 319 g/mol. The Hall–Kier alpha value is -0.740. The summed E-state index contributed by atoms with van der Waals surface area (Å²) in [6, 6.07) is 4.38. The largest absolute Gasteiger partial charge is 0.506 e. The maximum Gasteiger partial charge on any atom is 0.251 e. The minimum Gasteiger partial charge on any atom is -0.506 e. The molecule has 5 heteroatoms. The lowest BCUT2D eigenvalue weighted by atomic mass is 10.0. The van der Waals surface area contributed by atoms with Crippen LogP contribution in [0.2, 0.25) is 5.02 Å². The number of carbonyl (C=O) groups is 1. The Morgan fingerprint density at radius 1 is 1.53 bits per heavy atom. The zero-order chi connectivity index (χ0) is 13.2. The van der Waals surface area contributed by atoms with Gasteiger partial charge in [0.1, 0.15) is 5.75 Å². The number of phenolic OH excluding ortho intramolecular Hbond substituents is 1. The van der Waals surface area contributed by atoms with E-state index in [-0.39, 0.29) is 27.0 Å². The normalized spacial score (nSPS) is 13.2. The lowest BCUT2D eigenvalue weighted by Gasteiger charge is -2.29. The number of hydrogen-bond acceptors (Lipinski definition) is 2. The van der Waals surface area contributed by atoms with E-state index >= 15 is 0 Å². The first kappa shape index (κ1) is 14.3. The molecule has 0 fully saturated rings. The third-order valence-corrected chi connectivity index (χ3v) is 4.09. The van der Waals surface area contributed by atoms with Gasteiger partial charge in [-0.15, -0.1) is 0 Å². The molecule has 1 rings (SSSR count). The first-order valence-corrected chi connectivity index (χ1v) is 6.48. The molecule has 0 aliphatic carbocycles. The first-order valence-electron chi connectivity index (χ1n) is 5.19. The third kappa shape index (κ3) is 3.61. The summed E-state index contributed by atoms with van der Waals surface area (Å²) in [7, 11) is 0. The average Bonchev–Trinajstić information content (AvgIpc) is 2.21. The van der Waals surface area contributed by atoms with Crippen molar-refractivity contribution in [1.82, 2.24) is 5.32 Å². The van der Waals surface area contributed by atoms with E-state index in [1.54, 1.807) is 0 Å². The van der Waals surface area contributed by atoms with Crippen LogP contribution in [0.15, 0.2) is 18.2 Å². The Bertz CT molecular complexity index is 433. The van der Waals surface area contributed by atoms with Gasteiger partial charge in [0.2, 0.25) is 0 Å². The molecule has 1 unspecified atom stereocenters. The summed E-state index contributed by atoms with van der Waals surface area (Å²) >= 11 is 9.19. The van der Waals surface area contributed by atoms with E-state index in [9.17, 15) is 9.90 Å². The van der Waals surface area contributed by atoms with Crippen molar-refractivity contribution in [3.05, 3.63) is 28.8 Å². The van der Waals surface area contributed by atoms with Crippen molar-refractivity contribution in [3.8, 4) is 5.75 Å². The molecule has 0 saturated carbocycles. The topological polar surface area (TPSA) is 49.3 Å². The fourth-order valence-corrected chi connectivity index (χ4v) is 1.41. The first-order chi connectivity index (χ1) is 7.74. The molecule has 0 aromatic heterocycles. The number of phenols is 1. The van der Waals surface area contributed by atoms with Crippen LogP contribution in [-0.4, -0.2) is 21.4 Å². The number of hydrogen-bond donors (Lipinski definition) is 2. The van der Waals surface area contributed by atoms with Crippen LogP contribution >= 0.6 is 27.5 Å². The zero-order valence-electron chi connectivity index (χ0n) is 9.92. The van der Waals surface area contributed by atoms with Crippen molar-refractivity contribution in [2.45, 2.75) is 31.1 Å². The molecule has 0 saturated heterocycles. The van der Waals surface area contributed by atoms with Gasteiger partial charge in [-0.05, 0) is 32.0 Å². The number of carbonyl (C=O) groups excluding carboxylic acids is 1. The highest BCUT2D eigenvalue weighted by molar-refractivity contribution is 9.09. The van der Waals surface area contributed by atoms with E-state index in [0.717, 1.165) is 0 Å². The Morgan fingerprint density at radius 2 is 2.12 bits per heavy atom. The molecule has 0 aliphatic rings. The molecule has 1 aromatic carbocycles. The van der Waals surface area contributed by atoms with Gasteiger partial charge in [0, 0.05) is 15.9 Å². The van der Waals surface area contributed by atoms with Crippen LogP contribution in [0.5, 0.6) is 5.75 Å². The van der Waals surface area contributed by atoms with Crippen molar-refractivity contribution in [3.63, 3.8) is 0 Å². The van der Waals surface area contributed by atoms with E-state index in [1.165, 1.54) is 18.2 Å². The zero-order valence-corrected chi connectivity index (χ0v) is 12.3. The van der Waals surface area contributed by atoms with Crippen LogP contribution < -0.4 is 5.32 Å². The molecule has 2 N–H and O–H groups in total. The van der Waals surface area contributed by atoms with E-state index in [1.807, 2.05) is 20.8 Å². The van der Waals surface area contributed by atoms with Gasteiger partial charge in [0.15, 0.2) is 0 Å². The standard InChI is InChI=1S/C12H15BrClNO2/c1-7(13)12(2,3)15-11(17)8-4-5-10(16)9(14)6-8/h4-7,16H,1-3H3,(H,15,17). The molecule has 0 aliphatic heterocycles. The van der Waals surface area contributed by atoms with Crippen LogP contribution in [0.3, 0.4) is 0 Å². The van der Waals surface area contributed by atoms with Crippen molar-refractivity contribution in [2.75, 3.05) is 0 Å². The highest BCUT2D eigenvalue weighted by Gasteiger charge is 2.26. The number of rotatable bonds is 3. The van der Waals surface area contributed by atoms with Gasteiger partial charge in [-0.1, -0.05) is 34.5 Å². The molecule has 17 heavy (non-hydrogen) atoms. The number of benzene rings is 1.